The van der Waals surface area contributed by atoms with E-state index in [2.05, 4.69) is 0 Å². The van der Waals surface area contributed by atoms with Crippen molar-refractivity contribution in [3.63, 3.8) is 0 Å². The van der Waals surface area contributed by atoms with E-state index in [-0.39, 0.29) is 30.2 Å². The highest BCUT2D eigenvalue weighted by Gasteiger charge is 2.16. The molecule has 0 atom stereocenters. The van der Waals surface area contributed by atoms with E-state index in [9.17, 15) is 14.5 Å². The van der Waals surface area contributed by atoms with Crippen molar-refractivity contribution in [2.45, 2.75) is 13.2 Å². The van der Waals surface area contributed by atoms with Crippen LogP contribution >= 0.6 is 11.6 Å². The average molecular weight is 312 g/mol. The van der Waals surface area contributed by atoms with E-state index in [1.54, 1.807) is 0 Å². The van der Waals surface area contributed by atoms with Gasteiger partial charge in [-0.25, -0.2) is 4.39 Å². The largest absolute Gasteiger partial charge is 0.482 e. The molecule has 2 rings (SSSR count). The molecule has 0 spiro atoms. The number of hydrogen-bond acceptors (Lipinski definition) is 4. The van der Waals surface area contributed by atoms with Gasteiger partial charge in [0.1, 0.15) is 12.4 Å². The summed E-state index contributed by atoms with van der Waals surface area (Å²) in [5, 5.41) is 20.3. The number of ether oxygens (including phenoxy) is 1. The number of rotatable bonds is 5. The second kappa shape index (κ2) is 6.51. The highest BCUT2D eigenvalue weighted by Crippen LogP contribution is 2.29. The number of nitro groups is 1. The normalized spacial score (nSPS) is 10.4. The Hall–Kier alpha value is -2.18. The number of halogens is 2. The number of benzene rings is 2. The van der Waals surface area contributed by atoms with E-state index in [4.69, 9.17) is 21.4 Å². The van der Waals surface area contributed by atoms with Gasteiger partial charge in [0.25, 0.3) is 0 Å². The fraction of sp³-hybridized carbons (Fsp3) is 0.143. The summed E-state index contributed by atoms with van der Waals surface area (Å²) in [6.45, 7) is -0.484. The van der Waals surface area contributed by atoms with Gasteiger partial charge >= 0.3 is 5.69 Å². The Morgan fingerprint density at radius 1 is 1.29 bits per heavy atom. The molecule has 2 aromatic rings. The zero-order chi connectivity index (χ0) is 15.4. The van der Waals surface area contributed by atoms with Crippen LogP contribution in [0.2, 0.25) is 5.02 Å². The predicted molar refractivity (Wildman–Crippen MR) is 74.8 cm³/mol. The molecule has 0 saturated heterocycles. The molecule has 0 radical (unpaired) electrons. The van der Waals surface area contributed by atoms with Crippen molar-refractivity contribution in [1.82, 2.24) is 0 Å². The van der Waals surface area contributed by atoms with Gasteiger partial charge in [-0.05, 0) is 35.9 Å². The summed E-state index contributed by atoms with van der Waals surface area (Å²) in [6, 6.07) is 7.98. The van der Waals surface area contributed by atoms with Crippen LogP contribution in [-0.4, -0.2) is 10.0 Å². The first-order chi connectivity index (χ1) is 10.0. The van der Waals surface area contributed by atoms with Gasteiger partial charge in [-0.3, -0.25) is 10.1 Å². The predicted octanol–water partition coefficient (Wildman–Crippen LogP) is 3.46. The van der Waals surface area contributed by atoms with Gasteiger partial charge in [0.15, 0.2) is 5.75 Å². The quantitative estimate of drug-likeness (QED) is 0.678. The minimum absolute atomic E-state index is 0.0362. The smallest absolute Gasteiger partial charge is 0.310 e. The van der Waals surface area contributed by atoms with E-state index >= 15 is 0 Å². The van der Waals surface area contributed by atoms with E-state index in [0.717, 1.165) is 0 Å². The minimum Gasteiger partial charge on any atom is -0.482 e. The zero-order valence-corrected chi connectivity index (χ0v) is 11.5. The van der Waals surface area contributed by atoms with Crippen LogP contribution in [0.3, 0.4) is 0 Å². The Morgan fingerprint density at radius 2 is 2.05 bits per heavy atom. The Bertz CT molecular complexity index is 678. The third-order valence-corrected chi connectivity index (χ3v) is 3.03. The van der Waals surface area contributed by atoms with E-state index in [1.807, 2.05) is 0 Å². The monoisotopic (exact) mass is 311 g/mol. The van der Waals surface area contributed by atoms with Gasteiger partial charge in [0.2, 0.25) is 0 Å². The summed E-state index contributed by atoms with van der Waals surface area (Å²) in [5.41, 5.74) is 0.392. The van der Waals surface area contributed by atoms with Crippen LogP contribution in [-0.2, 0) is 13.2 Å². The Labute approximate surface area is 124 Å². The fourth-order valence-electron chi connectivity index (χ4n) is 1.73. The van der Waals surface area contributed by atoms with Crippen LogP contribution in [0.15, 0.2) is 36.4 Å². The van der Waals surface area contributed by atoms with Crippen molar-refractivity contribution >= 4 is 17.3 Å². The van der Waals surface area contributed by atoms with Gasteiger partial charge in [0.05, 0.1) is 11.5 Å². The number of nitrogens with zero attached hydrogens (tertiary/aromatic N) is 1. The molecule has 0 aliphatic carbocycles. The average Bonchev–Trinajstić information content (AvgIpc) is 2.47. The molecule has 7 heteroatoms. The molecule has 110 valence electrons. The second-order valence-electron chi connectivity index (χ2n) is 4.24. The van der Waals surface area contributed by atoms with Gasteiger partial charge in [0, 0.05) is 16.7 Å². The maximum atomic E-state index is 13.6. The molecular formula is C14H11ClFNO4. The lowest BCUT2D eigenvalue weighted by Crippen LogP contribution is -2.02. The van der Waals surface area contributed by atoms with Crippen molar-refractivity contribution in [3.8, 4) is 5.75 Å². The Balaban J connectivity index is 2.26. The highest BCUT2D eigenvalue weighted by atomic mass is 35.5. The lowest BCUT2D eigenvalue weighted by Gasteiger charge is -2.09. The first-order valence-corrected chi connectivity index (χ1v) is 6.34. The number of aliphatic hydroxyl groups is 1. The molecule has 0 aromatic heterocycles. The standard InChI is InChI=1S/C14H11ClFNO4/c15-11-2-3-12(16)10(6-11)8-21-14-5-9(7-18)1-4-13(14)17(19)20/h1-6,18H,7-8H2. The third kappa shape index (κ3) is 3.68. The van der Waals surface area contributed by atoms with Crippen LogP contribution in [0.5, 0.6) is 5.75 Å². The molecule has 0 heterocycles. The third-order valence-electron chi connectivity index (χ3n) is 2.79. The first kappa shape index (κ1) is 15.2. The molecule has 0 bridgehead atoms. The van der Waals surface area contributed by atoms with Crippen LogP contribution in [0.25, 0.3) is 0 Å². The van der Waals surface area contributed by atoms with Crippen LogP contribution in [0, 0.1) is 15.9 Å². The Kier molecular flexibility index (Phi) is 4.72. The molecule has 0 aliphatic heterocycles. The molecule has 0 fully saturated rings. The van der Waals surface area contributed by atoms with Crippen molar-refractivity contribution in [1.29, 1.82) is 0 Å². The Morgan fingerprint density at radius 3 is 2.71 bits per heavy atom. The summed E-state index contributed by atoms with van der Waals surface area (Å²) in [6.07, 6.45) is 0. The lowest BCUT2D eigenvalue weighted by atomic mass is 10.2. The second-order valence-corrected chi connectivity index (χ2v) is 4.68. The summed E-state index contributed by atoms with van der Waals surface area (Å²) >= 11 is 5.76. The van der Waals surface area contributed by atoms with Gasteiger partial charge in [-0.2, -0.15) is 0 Å². The van der Waals surface area contributed by atoms with Crippen LogP contribution in [0.4, 0.5) is 10.1 Å². The lowest BCUT2D eigenvalue weighted by molar-refractivity contribution is -0.386. The van der Waals surface area contributed by atoms with Crippen molar-refractivity contribution in [3.05, 3.63) is 68.5 Å². The molecule has 5 nitrogen and oxygen atoms in total. The van der Waals surface area contributed by atoms with Gasteiger partial charge in [-0.1, -0.05) is 11.6 Å². The molecule has 0 unspecified atom stereocenters. The number of aliphatic hydroxyl groups excluding tert-OH is 1. The maximum Gasteiger partial charge on any atom is 0.310 e. The molecule has 0 aliphatic rings. The van der Waals surface area contributed by atoms with Crippen molar-refractivity contribution in [2.24, 2.45) is 0 Å². The summed E-state index contributed by atoms with van der Waals surface area (Å²) in [7, 11) is 0. The fourth-order valence-corrected chi connectivity index (χ4v) is 1.93. The van der Waals surface area contributed by atoms with Gasteiger partial charge in [-0.15, -0.1) is 0 Å². The molecule has 1 N–H and O–H groups in total. The van der Waals surface area contributed by atoms with E-state index in [1.165, 1.54) is 36.4 Å². The van der Waals surface area contributed by atoms with Gasteiger partial charge < -0.3 is 9.84 Å². The maximum absolute atomic E-state index is 13.6. The highest BCUT2D eigenvalue weighted by molar-refractivity contribution is 6.30. The summed E-state index contributed by atoms with van der Waals surface area (Å²) in [5.74, 6) is -0.550. The summed E-state index contributed by atoms with van der Waals surface area (Å²) in [4.78, 5) is 10.3. The SMILES string of the molecule is O=[N+]([O-])c1ccc(CO)cc1OCc1cc(Cl)ccc1F. The number of nitro benzene ring substituents is 1. The van der Waals surface area contributed by atoms with E-state index < -0.39 is 10.7 Å². The topological polar surface area (TPSA) is 72.6 Å². The van der Waals surface area contributed by atoms with E-state index in [0.29, 0.717) is 10.6 Å². The molecule has 2 aromatic carbocycles. The van der Waals surface area contributed by atoms with Crippen LogP contribution in [0.1, 0.15) is 11.1 Å². The van der Waals surface area contributed by atoms with Crippen molar-refractivity contribution in [2.75, 3.05) is 0 Å². The summed E-state index contributed by atoms with van der Waals surface area (Å²) < 4.78 is 18.9. The molecule has 0 amide bonds. The first-order valence-electron chi connectivity index (χ1n) is 5.96. The number of hydrogen-bond donors (Lipinski definition) is 1. The molecule has 0 saturated carbocycles. The zero-order valence-electron chi connectivity index (χ0n) is 10.8. The van der Waals surface area contributed by atoms with Crippen LogP contribution < -0.4 is 4.74 Å². The molecular weight excluding hydrogens is 301 g/mol. The minimum atomic E-state index is -0.606. The van der Waals surface area contributed by atoms with Crippen molar-refractivity contribution < 1.29 is 19.2 Å². The molecule has 21 heavy (non-hydrogen) atoms.